The Labute approximate surface area is 192 Å². The molecule has 3 aliphatic heterocycles. The molecule has 1 aliphatic carbocycles. The van der Waals surface area contributed by atoms with Crippen molar-refractivity contribution in [2.24, 2.45) is 0 Å². The first kappa shape index (κ1) is 20.6. The molecule has 3 atom stereocenters. The minimum Gasteiger partial charge on any atom is -0.413 e. The normalized spacial score (nSPS) is 29.3. The molecule has 0 saturated carbocycles. The Morgan fingerprint density at radius 1 is 1.19 bits per heavy atom. The van der Waals surface area contributed by atoms with Gasteiger partial charge in [-0.25, -0.2) is 0 Å². The number of hydrogen-bond donors (Lipinski definition) is 0. The van der Waals surface area contributed by atoms with Crippen molar-refractivity contribution in [2.45, 2.75) is 69.1 Å². The summed E-state index contributed by atoms with van der Waals surface area (Å²) in [5.41, 5.74) is 6.69. The molecule has 32 heavy (non-hydrogen) atoms. The molecule has 4 heterocycles. The molecule has 1 aromatic carbocycles. The van der Waals surface area contributed by atoms with Gasteiger partial charge in [0.05, 0.1) is 17.7 Å². The van der Waals surface area contributed by atoms with Crippen molar-refractivity contribution in [1.82, 2.24) is 9.47 Å². The molecule has 1 aromatic heterocycles. The number of para-hydroxylation sites is 1. The van der Waals surface area contributed by atoms with Gasteiger partial charge in [-0.15, -0.1) is 0 Å². The summed E-state index contributed by atoms with van der Waals surface area (Å²) >= 11 is 0. The Bertz CT molecular complexity index is 1200. The summed E-state index contributed by atoms with van der Waals surface area (Å²) in [5.74, 6) is 0.390. The minimum absolute atomic E-state index is 0.0218. The van der Waals surface area contributed by atoms with E-state index in [1.807, 2.05) is 4.57 Å². The molecule has 0 amide bonds. The molecule has 1 unspecified atom stereocenters. The zero-order chi connectivity index (χ0) is 22.5. The summed E-state index contributed by atoms with van der Waals surface area (Å²) in [6, 6.07) is 13.0. The maximum atomic E-state index is 13.1. The van der Waals surface area contributed by atoms with Crippen molar-refractivity contribution in [1.29, 1.82) is 0 Å². The molecule has 2 saturated heterocycles. The molecular formula is C27H34N2O2Si. The average molecular weight is 447 g/mol. The third-order valence-corrected chi connectivity index (χ3v) is 13.7. The highest BCUT2D eigenvalue weighted by molar-refractivity contribution is 6.74. The Morgan fingerprint density at radius 3 is 2.75 bits per heavy atom. The Hall–Kier alpha value is -1.95. The fourth-order valence-corrected chi connectivity index (χ4v) is 7.55. The van der Waals surface area contributed by atoms with E-state index in [4.69, 9.17) is 4.43 Å². The van der Waals surface area contributed by atoms with E-state index in [0.29, 0.717) is 18.6 Å². The summed E-state index contributed by atoms with van der Waals surface area (Å²) in [5, 5.41) is 0.218. The Balaban J connectivity index is 1.45. The van der Waals surface area contributed by atoms with Gasteiger partial charge >= 0.3 is 0 Å². The van der Waals surface area contributed by atoms with E-state index < -0.39 is 8.32 Å². The van der Waals surface area contributed by atoms with Gasteiger partial charge in [0.25, 0.3) is 5.56 Å². The van der Waals surface area contributed by atoms with Crippen molar-refractivity contribution in [2.75, 3.05) is 19.7 Å². The molecule has 4 nitrogen and oxygen atoms in total. The molecule has 0 N–H and O–H groups in total. The highest BCUT2D eigenvalue weighted by Gasteiger charge is 2.61. The molecule has 0 radical (unpaired) electrons. The van der Waals surface area contributed by atoms with Gasteiger partial charge in [-0.05, 0) is 48.2 Å². The van der Waals surface area contributed by atoms with Gasteiger partial charge in [0.1, 0.15) is 0 Å². The SMILES string of the molecule is CC(C)(C)[Si](C)(C)OC/C=C1/CN2CC[C@]34c5ccccc5-n5c3c(ccc5=O)[C@H]1CC24. The lowest BCUT2D eigenvalue weighted by Gasteiger charge is -2.48. The number of piperidine rings is 1. The van der Waals surface area contributed by atoms with Gasteiger partial charge in [0.2, 0.25) is 0 Å². The van der Waals surface area contributed by atoms with Crippen LogP contribution in [0, 0.1) is 0 Å². The third-order valence-electron chi connectivity index (χ3n) is 9.24. The second-order valence-corrected chi connectivity index (χ2v) is 16.5. The number of pyridine rings is 1. The first-order chi connectivity index (χ1) is 15.1. The summed E-state index contributed by atoms with van der Waals surface area (Å²) in [4.78, 5) is 15.8. The van der Waals surface area contributed by atoms with Gasteiger partial charge in [-0.3, -0.25) is 14.3 Å². The van der Waals surface area contributed by atoms with Crippen LogP contribution < -0.4 is 5.56 Å². The van der Waals surface area contributed by atoms with Crippen molar-refractivity contribution >= 4 is 8.32 Å². The summed E-state index contributed by atoms with van der Waals surface area (Å²) in [6.07, 6.45) is 4.62. The van der Waals surface area contributed by atoms with Crippen molar-refractivity contribution < 1.29 is 4.43 Å². The van der Waals surface area contributed by atoms with Crippen LogP contribution in [0.25, 0.3) is 5.69 Å². The maximum Gasteiger partial charge on any atom is 0.255 e. The van der Waals surface area contributed by atoms with E-state index in [0.717, 1.165) is 31.6 Å². The second kappa shape index (κ2) is 6.55. The van der Waals surface area contributed by atoms with Crippen molar-refractivity contribution in [3.8, 4) is 5.69 Å². The standard InChI is InChI=1S/C27H34N2O2Si/c1-26(2,3)32(4,5)31-15-12-18-17-28-14-13-27-21-8-6-7-9-22(21)29-24(30)11-10-19(25(27)29)20(18)16-23(27)28/h6-12,20,23H,13-17H2,1-5H3/b18-12-/t20-,23?,27+/m0/s1. The number of hydrogen-bond acceptors (Lipinski definition) is 3. The van der Waals surface area contributed by atoms with Crippen LogP contribution >= 0.6 is 0 Å². The third kappa shape index (κ3) is 2.53. The molecule has 4 aliphatic rings. The van der Waals surface area contributed by atoms with Crippen LogP contribution in [0.5, 0.6) is 0 Å². The molecule has 168 valence electrons. The van der Waals surface area contributed by atoms with Crippen LogP contribution in [0.2, 0.25) is 18.1 Å². The molecular weight excluding hydrogens is 412 g/mol. The van der Waals surface area contributed by atoms with E-state index >= 15 is 0 Å². The zero-order valence-corrected chi connectivity index (χ0v) is 20.9. The average Bonchev–Trinajstić information content (AvgIpc) is 3.28. The van der Waals surface area contributed by atoms with E-state index in [9.17, 15) is 4.79 Å². The highest BCUT2D eigenvalue weighted by Crippen LogP contribution is 2.61. The predicted octanol–water partition coefficient (Wildman–Crippen LogP) is 4.96. The first-order valence-electron chi connectivity index (χ1n) is 12.1. The molecule has 5 heteroatoms. The van der Waals surface area contributed by atoms with E-state index in [-0.39, 0.29) is 16.0 Å². The Morgan fingerprint density at radius 2 is 1.97 bits per heavy atom. The molecule has 2 aromatic rings. The van der Waals surface area contributed by atoms with Crippen LogP contribution in [-0.4, -0.2) is 43.5 Å². The van der Waals surface area contributed by atoms with Crippen LogP contribution in [0.15, 0.2) is 52.8 Å². The highest BCUT2D eigenvalue weighted by atomic mass is 28.4. The van der Waals surface area contributed by atoms with Crippen molar-refractivity contribution in [3.63, 3.8) is 0 Å². The number of benzene rings is 1. The number of rotatable bonds is 3. The van der Waals surface area contributed by atoms with Crippen LogP contribution in [0.1, 0.15) is 56.4 Å². The van der Waals surface area contributed by atoms with E-state index in [1.54, 1.807) is 6.07 Å². The van der Waals surface area contributed by atoms with E-state index in [2.05, 4.69) is 75.2 Å². The first-order valence-corrected chi connectivity index (χ1v) is 15.0. The van der Waals surface area contributed by atoms with Crippen molar-refractivity contribution in [3.05, 3.63) is 75.2 Å². The summed E-state index contributed by atoms with van der Waals surface area (Å²) in [7, 11) is -1.78. The monoisotopic (exact) mass is 446 g/mol. The lowest BCUT2D eigenvalue weighted by Crippen LogP contribution is -2.52. The smallest absolute Gasteiger partial charge is 0.255 e. The summed E-state index contributed by atoms with van der Waals surface area (Å²) in [6.45, 7) is 14.4. The molecule has 2 bridgehead atoms. The fourth-order valence-electron chi connectivity index (χ4n) is 6.62. The largest absolute Gasteiger partial charge is 0.413 e. The van der Waals surface area contributed by atoms with Crippen LogP contribution in [0.3, 0.4) is 0 Å². The van der Waals surface area contributed by atoms with Crippen LogP contribution in [-0.2, 0) is 9.84 Å². The summed E-state index contributed by atoms with van der Waals surface area (Å²) < 4.78 is 8.56. The van der Waals surface area contributed by atoms with Gasteiger partial charge in [0.15, 0.2) is 8.32 Å². The Kier molecular flexibility index (Phi) is 4.23. The quantitative estimate of drug-likeness (QED) is 0.494. The van der Waals surface area contributed by atoms with Gasteiger partial charge in [0, 0.05) is 36.8 Å². The van der Waals surface area contributed by atoms with Gasteiger partial charge < -0.3 is 4.43 Å². The zero-order valence-electron chi connectivity index (χ0n) is 19.9. The van der Waals surface area contributed by atoms with Crippen LogP contribution in [0.4, 0.5) is 0 Å². The molecule has 6 rings (SSSR count). The minimum atomic E-state index is -1.78. The lowest BCUT2D eigenvalue weighted by atomic mass is 9.61. The maximum absolute atomic E-state index is 13.1. The predicted molar refractivity (Wildman–Crippen MR) is 131 cm³/mol. The van der Waals surface area contributed by atoms with Gasteiger partial charge in [-0.1, -0.05) is 56.7 Å². The van der Waals surface area contributed by atoms with E-state index in [1.165, 1.54) is 22.4 Å². The number of fused-ring (bicyclic) bond motifs is 4. The number of aromatic nitrogens is 1. The topological polar surface area (TPSA) is 34.5 Å². The molecule has 1 spiro atoms. The number of nitrogens with zero attached hydrogens (tertiary/aromatic N) is 2. The second-order valence-electron chi connectivity index (χ2n) is 11.7. The fraction of sp³-hybridized carbons (Fsp3) is 0.519. The van der Waals surface area contributed by atoms with Gasteiger partial charge in [-0.2, -0.15) is 0 Å². The lowest BCUT2D eigenvalue weighted by molar-refractivity contribution is 0.173. The molecule has 2 fully saturated rings.